The summed E-state index contributed by atoms with van der Waals surface area (Å²) in [7, 11) is 0. The molecule has 20 heavy (non-hydrogen) atoms. The van der Waals surface area contributed by atoms with E-state index in [1.165, 1.54) is 6.20 Å². The molecular formula is C14H15ClN4O. The van der Waals surface area contributed by atoms with Gasteiger partial charge in [0.25, 0.3) is 0 Å². The maximum Gasteiger partial charge on any atom is 0.230 e. The minimum Gasteiger partial charge on any atom is -0.399 e. The fourth-order valence-corrected chi connectivity index (χ4v) is 1.93. The van der Waals surface area contributed by atoms with Gasteiger partial charge in [0, 0.05) is 18.3 Å². The maximum absolute atomic E-state index is 11.9. The van der Waals surface area contributed by atoms with Crippen molar-refractivity contribution in [2.24, 2.45) is 0 Å². The van der Waals surface area contributed by atoms with Crippen LogP contribution in [0.4, 0.5) is 11.6 Å². The molecule has 1 aromatic heterocycles. The summed E-state index contributed by atoms with van der Waals surface area (Å²) in [5.41, 5.74) is 7.40. The third kappa shape index (κ3) is 3.93. The second-order valence-corrected chi connectivity index (χ2v) is 4.91. The zero-order valence-corrected chi connectivity index (χ0v) is 11.8. The van der Waals surface area contributed by atoms with Crippen LogP contribution in [0.3, 0.4) is 0 Å². The predicted molar refractivity (Wildman–Crippen MR) is 79.6 cm³/mol. The van der Waals surface area contributed by atoms with Crippen molar-refractivity contribution in [2.45, 2.75) is 19.3 Å². The first-order valence-corrected chi connectivity index (χ1v) is 6.56. The number of aromatic nitrogens is 2. The Labute approximate surface area is 122 Å². The molecule has 0 saturated carbocycles. The summed E-state index contributed by atoms with van der Waals surface area (Å²) >= 11 is 5.73. The highest BCUT2D eigenvalue weighted by molar-refractivity contribution is 6.29. The molecule has 0 bridgehead atoms. The zero-order valence-electron chi connectivity index (χ0n) is 11.0. The number of anilines is 2. The third-order valence-corrected chi connectivity index (χ3v) is 3.08. The molecule has 5 nitrogen and oxygen atoms in total. The molecule has 1 aromatic carbocycles. The highest BCUT2D eigenvalue weighted by Gasteiger charge is 2.12. The van der Waals surface area contributed by atoms with Crippen molar-refractivity contribution in [1.82, 2.24) is 9.97 Å². The Morgan fingerprint density at radius 3 is 2.70 bits per heavy atom. The third-order valence-electron chi connectivity index (χ3n) is 2.87. The standard InChI is InChI=1S/C14H15ClN4O/c1-9(10-2-4-11(16)5-3-10)8-13(20)19-14-17-7-6-12(15)18-14/h2-7,9H,8,16H2,1H3,(H,17,18,19,20). The highest BCUT2D eigenvalue weighted by atomic mass is 35.5. The minimum absolute atomic E-state index is 0.0785. The summed E-state index contributed by atoms with van der Waals surface area (Å²) in [6.07, 6.45) is 1.83. The topological polar surface area (TPSA) is 80.9 Å². The molecule has 3 N–H and O–H groups in total. The summed E-state index contributed by atoms with van der Waals surface area (Å²) in [5, 5.41) is 2.92. The number of nitrogens with one attached hydrogen (secondary N) is 1. The lowest BCUT2D eigenvalue weighted by atomic mass is 9.97. The predicted octanol–water partition coefficient (Wildman–Crippen LogP) is 2.84. The summed E-state index contributed by atoms with van der Waals surface area (Å²) in [6, 6.07) is 9.04. The van der Waals surface area contributed by atoms with Crippen LogP contribution >= 0.6 is 11.6 Å². The van der Waals surface area contributed by atoms with Gasteiger partial charge in [-0.05, 0) is 29.7 Å². The van der Waals surface area contributed by atoms with E-state index in [2.05, 4.69) is 15.3 Å². The average molecular weight is 291 g/mol. The van der Waals surface area contributed by atoms with Crippen molar-refractivity contribution < 1.29 is 4.79 Å². The number of amides is 1. The Hall–Kier alpha value is -2.14. The molecule has 0 radical (unpaired) electrons. The van der Waals surface area contributed by atoms with Gasteiger partial charge in [-0.3, -0.25) is 10.1 Å². The number of carbonyl (C=O) groups excluding carboxylic acids is 1. The molecule has 2 aromatic rings. The van der Waals surface area contributed by atoms with E-state index in [0.717, 1.165) is 5.56 Å². The lowest BCUT2D eigenvalue weighted by Gasteiger charge is -2.11. The number of benzene rings is 1. The molecule has 0 saturated heterocycles. The van der Waals surface area contributed by atoms with Gasteiger partial charge >= 0.3 is 0 Å². The molecule has 0 aliphatic heterocycles. The first-order chi connectivity index (χ1) is 9.54. The Bertz CT molecular complexity index is 600. The molecular weight excluding hydrogens is 276 g/mol. The second kappa shape index (κ2) is 6.34. The molecule has 1 heterocycles. The van der Waals surface area contributed by atoms with Crippen LogP contribution in [0.25, 0.3) is 0 Å². The van der Waals surface area contributed by atoms with E-state index >= 15 is 0 Å². The molecule has 6 heteroatoms. The largest absolute Gasteiger partial charge is 0.399 e. The normalized spacial score (nSPS) is 11.9. The van der Waals surface area contributed by atoms with Crippen LogP contribution in [0.1, 0.15) is 24.8 Å². The van der Waals surface area contributed by atoms with Gasteiger partial charge in [0.15, 0.2) is 0 Å². The fraction of sp³-hybridized carbons (Fsp3) is 0.214. The number of nitrogens with two attached hydrogens (primary N) is 1. The number of nitrogens with zero attached hydrogens (tertiary/aromatic N) is 2. The lowest BCUT2D eigenvalue weighted by molar-refractivity contribution is -0.116. The fourth-order valence-electron chi connectivity index (χ4n) is 1.79. The van der Waals surface area contributed by atoms with Crippen LogP contribution in [0.5, 0.6) is 0 Å². The number of hydrogen-bond acceptors (Lipinski definition) is 4. The average Bonchev–Trinajstić information content (AvgIpc) is 2.39. The Morgan fingerprint density at radius 1 is 1.35 bits per heavy atom. The molecule has 104 valence electrons. The van der Waals surface area contributed by atoms with E-state index in [4.69, 9.17) is 17.3 Å². The molecule has 1 amide bonds. The number of rotatable bonds is 4. The van der Waals surface area contributed by atoms with E-state index < -0.39 is 0 Å². The second-order valence-electron chi connectivity index (χ2n) is 4.52. The van der Waals surface area contributed by atoms with Gasteiger partial charge in [-0.25, -0.2) is 9.97 Å². The van der Waals surface area contributed by atoms with E-state index in [0.29, 0.717) is 17.3 Å². The molecule has 0 spiro atoms. The van der Waals surface area contributed by atoms with Crippen LogP contribution in [-0.4, -0.2) is 15.9 Å². The first-order valence-electron chi connectivity index (χ1n) is 6.18. The van der Waals surface area contributed by atoms with E-state index in [1.807, 2.05) is 31.2 Å². The molecule has 1 atom stereocenters. The van der Waals surface area contributed by atoms with Gasteiger partial charge < -0.3 is 5.73 Å². The molecule has 1 unspecified atom stereocenters. The lowest BCUT2D eigenvalue weighted by Crippen LogP contribution is -2.16. The van der Waals surface area contributed by atoms with Crippen LogP contribution in [0, 0.1) is 0 Å². The van der Waals surface area contributed by atoms with Gasteiger partial charge in [-0.15, -0.1) is 0 Å². The summed E-state index contributed by atoms with van der Waals surface area (Å²) in [5.74, 6) is 0.137. The number of nitrogen functional groups attached to an aromatic ring is 1. The minimum atomic E-state index is -0.156. The van der Waals surface area contributed by atoms with Crippen molar-refractivity contribution in [3.05, 3.63) is 47.2 Å². The molecule has 0 aliphatic rings. The van der Waals surface area contributed by atoms with Crippen LogP contribution in [0.15, 0.2) is 36.5 Å². The van der Waals surface area contributed by atoms with Crippen LogP contribution in [0.2, 0.25) is 5.15 Å². The van der Waals surface area contributed by atoms with Crippen LogP contribution < -0.4 is 11.1 Å². The summed E-state index contributed by atoms with van der Waals surface area (Å²) < 4.78 is 0. The van der Waals surface area contributed by atoms with Gasteiger partial charge in [-0.2, -0.15) is 0 Å². The van der Waals surface area contributed by atoms with E-state index in [-0.39, 0.29) is 17.8 Å². The van der Waals surface area contributed by atoms with Crippen molar-refractivity contribution in [3.63, 3.8) is 0 Å². The number of halogens is 1. The van der Waals surface area contributed by atoms with E-state index in [1.54, 1.807) is 6.07 Å². The van der Waals surface area contributed by atoms with Crippen molar-refractivity contribution in [2.75, 3.05) is 11.1 Å². The molecule has 0 fully saturated rings. The molecule has 0 aliphatic carbocycles. The molecule has 2 rings (SSSR count). The monoisotopic (exact) mass is 290 g/mol. The SMILES string of the molecule is CC(CC(=O)Nc1nccc(Cl)n1)c1ccc(N)cc1. The van der Waals surface area contributed by atoms with Crippen molar-refractivity contribution in [1.29, 1.82) is 0 Å². The number of carbonyl (C=O) groups is 1. The van der Waals surface area contributed by atoms with Gasteiger partial charge in [0.05, 0.1) is 0 Å². The van der Waals surface area contributed by atoms with E-state index in [9.17, 15) is 4.79 Å². The van der Waals surface area contributed by atoms with Gasteiger partial charge in [-0.1, -0.05) is 30.7 Å². The quantitative estimate of drug-likeness (QED) is 0.670. The van der Waals surface area contributed by atoms with Gasteiger partial charge in [0.1, 0.15) is 5.15 Å². The Kier molecular flexibility index (Phi) is 4.53. The first kappa shape index (κ1) is 14.3. The smallest absolute Gasteiger partial charge is 0.230 e. The van der Waals surface area contributed by atoms with Crippen molar-refractivity contribution in [3.8, 4) is 0 Å². The summed E-state index contributed by atoms with van der Waals surface area (Å²) in [6.45, 7) is 1.98. The van der Waals surface area contributed by atoms with Gasteiger partial charge in [0.2, 0.25) is 11.9 Å². The maximum atomic E-state index is 11.9. The number of hydrogen-bond donors (Lipinski definition) is 2. The van der Waals surface area contributed by atoms with Crippen LogP contribution in [-0.2, 0) is 4.79 Å². The Balaban J connectivity index is 1.95. The Morgan fingerprint density at radius 2 is 2.05 bits per heavy atom. The van der Waals surface area contributed by atoms with Crippen molar-refractivity contribution >= 4 is 29.1 Å². The highest BCUT2D eigenvalue weighted by Crippen LogP contribution is 2.20. The zero-order chi connectivity index (χ0) is 14.5. The summed E-state index contributed by atoms with van der Waals surface area (Å²) in [4.78, 5) is 19.8.